The number of amides is 6. The number of aliphatic hydroxyl groups excluding tert-OH is 2. The highest BCUT2D eigenvalue weighted by Gasteiger charge is 2.39. The van der Waals surface area contributed by atoms with E-state index >= 15 is 0 Å². The molecule has 4 saturated heterocycles. The lowest BCUT2D eigenvalue weighted by Crippen LogP contribution is -2.48. The summed E-state index contributed by atoms with van der Waals surface area (Å²) in [7, 11) is 0. The molecule has 0 aromatic carbocycles. The third kappa shape index (κ3) is 31.3. The van der Waals surface area contributed by atoms with Crippen molar-refractivity contribution in [1.29, 1.82) is 0 Å². The van der Waals surface area contributed by atoms with Crippen LogP contribution in [0.5, 0.6) is 0 Å². The van der Waals surface area contributed by atoms with Crippen molar-refractivity contribution in [3.05, 3.63) is 0 Å². The van der Waals surface area contributed by atoms with Crippen molar-refractivity contribution < 1.29 is 57.9 Å². The van der Waals surface area contributed by atoms with E-state index in [0.29, 0.717) is 25.9 Å². The van der Waals surface area contributed by atoms with Crippen molar-refractivity contribution >= 4 is 35.8 Å². The smallest absolute Gasteiger partial charge is 0.410 e. The standard InChI is InChI=1S/2C10H21NO2.4C9H17NO2.CH4/c2*1-6-9(13)7-11(8(2)12)10(3,4)5;2*1-7(11)10(9(2,3)4)5-8-6-12-8;2*1-5-7-6-10(8(11)12-7)9(2,3)4;/h2*9,13H,6-7H2,1-5H3;2*8H,5-6H2,1-4H3;2*7H,5-6H2,1-4H3;1H4/t2*9-;2*8-;2*7-;/m101010./s1. The molecule has 4 aliphatic rings. The highest BCUT2D eigenvalue weighted by atomic mass is 16.6. The van der Waals surface area contributed by atoms with Gasteiger partial charge in [-0.05, 0) is 150 Å². The molecule has 0 aromatic heterocycles. The quantitative estimate of drug-likeness (QED) is 0.175. The maximum absolute atomic E-state index is 11.3. The third-order valence-corrected chi connectivity index (χ3v) is 12.3. The largest absolute Gasteiger partial charge is 0.444 e. The SMILES string of the molecule is C.CC(=O)N(C[C@@H]1CO1)C(C)(C)C.CC(=O)N(C[C@H]1CO1)C(C)(C)C.CC[C@@H](O)CN(C(C)=O)C(C)(C)C.CC[C@@H]1CN(C(C)(C)C)C(=O)O1.CC[C@H](O)CN(C(C)=O)C(C)(C)C.CC[C@H]1CN(C(C)(C)C)C(=O)O1. The minimum Gasteiger partial charge on any atom is -0.444 e. The van der Waals surface area contributed by atoms with Gasteiger partial charge in [-0.15, -0.1) is 0 Å². The second-order valence-corrected chi connectivity index (χ2v) is 25.6. The molecular formula is C57H114N6O12. The number of β-amino-alcohol motifs (C(OH)–C–C–N with tert-alkyl or cyclic N) is 2. The molecule has 4 rings (SSSR count). The monoisotopic (exact) mass is 1070 g/mol. The number of hydrogen-bond acceptors (Lipinski definition) is 12. The third-order valence-electron chi connectivity index (χ3n) is 12.3. The Bertz CT molecular complexity index is 1590. The van der Waals surface area contributed by atoms with Crippen molar-refractivity contribution in [2.24, 2.45) is 0 Å². The Morgan fingerprint density at radius 1 is 0.480 bits per heavy atom. The Kier molecular flexibility index (Phi) is 32.4. The van der Waals surface area contributed by atoms with Crippen LogP contribution >= 0.6 is 0 Å². The van der Waals surface area contributed by atoms with Gasteiger partial charge in [0.2, 0.25) is 23.6 Å². The molecule has 2 N–H and O–H groups in total. The van der Waals surface area contributed by atoms with E-state index in [1.807, 2.05) is 162 Å². The van der Waals surface area contributed by atoms with Crippen molar-refractivity contribution in [1.82, 2.24) is 29.4 Å². The fraction of sp³-hybridized carbons (Fsp3) is 0.895. The maximum atomic E-state index is 11.3. The molecule has 6 amide bonds. The number of carbonyl (C=O) groups excluding carboxylic acids is 6. The Balaban J connectivity index is -0.000000827. The molecule has 18 heteroatoms. The molecule has 4 aliphatic heterocycles. The number of aliphatic hydroxyl groups is 2. The first-order valence-electron chi connectivity index (χ1n) is 27.0. The summed E-state index contributed by atoms with van der Waals surface area (Å²) in [4.78, 5) is 78.2. The van der Waals surface area contributed by atoms with Gasteiger partial charge in [0.15, 0.2) is 0 Å². The lowest BCUT2D eigenvalue weighted by molar-refractivity contribution is -0.136. The summed E-state index contributed by atoms with van der Waals surface area (Å²) in [6, 6.07) is 0. The maximum Gasteiger partial charge on any atom is 0.410 e. The van der Waals surface area contributed by atoms with E-state index in [1.54, 1.807) is 33.4 Å². The number of rotatable bonds is 12. The van der Waals surface area contributed by atoms with Crippen LogP contribution in [0.4, 0.5) is 9.59 Å². The minimum absolute atomic E-state index is 0. The molecule has 444 valence electrons. The number of carbonyl (C=O) groups is 6. The highest BCUT2D eigenvalue weighted by molar-refractivity contribution is 5.75. The van der Waals surface area contributed by atoms with Crippen LogP contribution in [-0.4, -0.2) is 198 Å². The number of cyclic esters (lactones) is 2. The average molecular weight is 1080 g/mol. The van der Waals surface area contributed by atoms with Crippen molar-refractivity contribution in [3.63, 3.8) is 0 Å². The van der Waals surface area contributed by atoms with Crippen LogP contribution in [0.3, 0.4) is 0 Å². The lowest BCUT2D eigenvalue weighted by atomic mass is 10.0. The summed E-state index contributed by atoms with van der Waals surface area (Å²) in [5.41, 5.74) is -0.804. The van der Waals surface area contributed by atoms with Gasteiger partial charge in [0.25, 0.3) is 0 Å². The molecule has 75 heavy (non-hydrogen) atoms. The summed E-state index contributed by atoms with van der Waals surface area (Å²) in [6.07, 6.45) is 2.75. The summed E-state index contributed by atoms with van der Waals surface area (Å²) in [6.45, 7) is 55.7. The van der Waals surface area contributed by atoms with Crippen LogP contribution in [0, 0.1) is 0 Å². The normalized spacial score (nSPS) is 19.8. The van der Waals surface area contributed by atoms with Crippen LogP contribution in [0.1, 0.15) is 213 Å². The topological polar surface area (TPSA) is 206 Å². The lowest BCUT2D eigenvalue weighted by Gasteiger charge is -2.36. The number of epoxide rings is 2. The average Bonchev–Trinajstić information content (AvgIpc) is 4.16. The molecule has 0 unspecified atom stereocenters. The second-order valence-electron chi connectivity index (χ2n) is 25.6. The van der Waals surface area contributed by atoms with E-state index in [1.165, 1.54) is 13.8 Å². The second kappa shape index (κ2) is 32.2. The van der Waals surface area contributed by atoms with E-state index in [4.69, 9.17) is 18.9 Å². The van der Waals surface area contributed by atoms with Crippen LogP contribution < -0.4 is 0 Å². The van der Waals surface area contributed by atoms with Gasteiger partial charge < -0.3 is 48.8 Å². The Hall–Kier alpha value is -3.74. The van der Waals surface area contributed by atoms with Crippen molar-refractivity contribution in [3.8, 4) is 0 Å². The Morgan fingerprint density at radius 3 is 0.827 bits per heavy atom. The zero-order valence-corrected chi connectivity index (χ0v) is 51.6. The molecule has 0 aliphatic carbocycles. The Morgan fingerprint density at radius 2 is 0.707 bits per heavy atom. The molecule has 0 spiro atoms. The summed E-state index contributed by atoms with van der Waals surface area (Å²) < 4.78 is 20.5. The summed E-state index contributed by atoms with van der Waals surface area (Å²) in [5.74, 6) is 0.274. The van der Waals surface area contributed by atoms with Crippen LogP contribution in [0.25, 0.3) is 0 Å². The van der Waals surface area contributed by atoms with Gasteiger partial charge in [0.1, 0.15) is 12.2 Å². The first kappa shape index (κ1) is 75.5. The molecule has 4 fully saturated rings. The molecule has 0 bridgehead atoms. The number of nitrogens with zero attached hydrogens (tertiary/aromatic N) is 6. The van der Waals surface area contributed by atoms with Gasteiger partial charge in [-0.2, -0.15) is 0 Å². The van der Waals surface area contributed by atoms with Crippen LogP contribution in [0.15, 0.2) is 0 Å². The first-order valence-corrected chi connectivity index (χ1v) is 27.0. The highest BCUT2D eigenvalue weighted by Crippen LogP contribution is 2.25. The van der Waals surface area contributed by atoms with Crippen LogP contribution in [0.2, 0.25) is 0 Å². The zero-order valence-electron chi connectivity index (χ0n) is 51.6. The molecular weight excluding hydrogens is 961 g/mol. The predicted octanol–water partition coefficient (Wildman–Crippen LogP) is 9.54. The first-order chi connectivity index (χ1) is 33.3. The van der Waals surface area contributed by atoms with E-state index < -0.39 is 12.2 Å². The summed E-state index contributed by atoms with van der Waals surface area (Å²) in [5, 5.41) is 18.9. The van der Waals surface area contributed by atoms with Gasteiger partial charge in [0, 0.05) is 87.1 Å². The predicted molar refractivity (Wildman–Crippen MR) is 301 cm³/mol. The zero-order chi connectivity index (χ0) is 58.7. The van der Waals surface area contributed by atoms with E-state index in [2.05, 4.69) is 0 Å². The molecule has 6 atom stereocenters. The Labute approximate surface area is 457 Å². The molecule has 4 heterocycles. The van der Waals surface area contributed by atoms with Gasteiger partial charge in [-0.1, -0.05) is 35.1 Å². The van der Waals surface area contributed by atoms with Gasteiger partial charge in [-0.3, -0.25) is 29.0 Å². The van der Waals surface area contributed by atoms with Gasteiger partial charge in [-0.25, -0.2) is 9.59 Å². The van der Waals surface area contributed by atoms with E-state index in [-0.39, 0.29) is 101 Å². The molecule has 0 saturated carbocycles. The van der Waals surface area contributed by atoms with E-state index in [0.717, 1.165) is 52.2 Å². The minimum atomic E-state index is -0.414. The summed E-state index contributed by atoms with van der Waals surface area (Å²) >= 11 is 0. The van der Waals surface area contributed by atoms with E-state index in [9.17, 15) is 39.0 Å². The van der Waals surface area contributed by atoms with Crippen LogP contribution in [-0.2, 0) is 38.1 Å². The molecule has 18 nitrogen and oxygen atoms in total. The molecule has 0 aromatic rings. The van der Waals surface area contributed by atoms with Crippen molar-refractivity contribution in [2.75, 3.05) is 52.5 Å². The van der Waals surface area contributed by atoms with Gasteiger partial charge in [0.05, 0.1) is 50.7 Å². The fourth-order valence-corrected chi connectivity index (χ4v) is 7.50. The number of hydrogen-bond donors (Lipinski definition) is 2. The molecule has 0 radical (unpaired) electrons. The number of ether oxygens (including phenoxy) is 4. The van der Waals surface area contributed by atoms with Crippen molar-refractivity contribution in [2.45, 2.75) is 283 Å². The van der Waals surface area contributed by atoms with Gasteiger partial charge >= 0.3 is 12.2 Å². The fourth-order valence-electron chi connectivity index (χ4n) is 7.50.